The molecule has 1 amide bonds. The molecule has 1 aromatic heterocycles. The average molecular weight is 479 g/mol. The molecule has 1 unspecified atom stereocenters. The lowest BCUT2D eigenvalue weighted by atomic mass is 9.92. The van der Waals surface area contributed by atoms with E-state index in [0.29, 0.717) is 13.2 Å². The van der Waals surface area contributed by atoms with Crippen molar-refractivity contribution in [1.29, 1.82) is 0 Å². The molecule has 7 heteroatoms. The summed E-state index contributed by atoms with van der Waals surface area (Å²) in [7, 11) is 1.94. The number of carbonyl (C=O) groups excluding carboxylic acids is 1. The van der Waals surface area contributed by atoms with E-state index in [2.05, 4.69) is 45.5 Å². The number of anilines is 1. The first kappa shape index (κ1) is 23.1. The minimum Gasteiger partial charge on any atom is -0.494 e. The molecule has 6 nitrogen and oxygen atoms in total. The van der Waals surface area contributed by atoms with Crippen LogP contribution in [0.1, 0.15) is 36.2 Å². The largest absolute Gasteiger partial charge is 0.494 e. The van der Waals surface area contributed by atoms with Gasteiger partial charge >= 0.3 is 0 Å². The van der Waals surface area contributed by atoms with Crippen molar-refractivity contribution < 1.29 is 9.53 Å². The molecule has 2 N–H and O–H groups in total. The van der Waals surface area contributed by atoms with E-state index in [1.165, 1.54) is 35.5 Å². The van der Waals surface area contributed by atoms with E-state index in [4.69, 9.17) is 4.74 Å². The Labute approximate surface area is 206 Å². The Bertz CT molecular complexity index is 1150. The third-order valence-electron chi connectivity index (χ3n) is 6.99. The third-order valence-corrected chi connectivity index (χ3v) is 7.93. The van der Waals surface area contributed by atoms with E-state index < -0.39 is 0 Å². The summed E-state index contributed by atoms with van der Waals surface area (Å²) in [4.78, 5) is 20.8. The first-order valence-electron chi connectivity index (χ1n) is 12.3. The highest BCUT2D eigenvalue weighted by atomic mass is 32.2. The molecule has 0 saturated carbocycles. The summed E-state index contributed by atoms with van der Waals surface area (Å²) in [5, 5.41) is 4.47. The number of nitrogens with zero attached hydrogens (tertiary/aromatic N) is 2. The SMILES string of the molecule is CNc1ccc2[nH]c3c(c2c1)CCN(C(C)=O)C3c1cccc(OCCCN2CCSCC2)c1. The highest BCUT2D eigenvalue weighted by molar-refractivity contribution is 7.99. The second kappa shape index (κ2) is 10.3. The fraction of sp³-hybridized carbons (Fsp3) is 0.444. The normalized spacial score (nSPS) is 18.6. The first-order valence-corrected chi connectivity index (χ1v) is 13.4. The Kier molecular flexibility index (Phi) is 7.02. The van der Waals surface area contributed by atoms with Crippen molar-refractivity contribution in [3.05, 3.63) is 59.3 Å². The molecule has 2 aliphatic heterocycles. The molecule has 0 radical (unpaired) electrons. The number of H-pyrrole nitrogens is 1. The van der Waals surface area contributed by atoms with Crippen LogP contribution >= 0.6 is 11.8 Å². The Hall–Kier alpha value is -2.64. The van der Waals surface area contributed by atoms with Gasteiger partial charge in [0.1, 0.15) is 5.75 Å². The van der Waals surface area contributed by atoms with Gasteiger partial charge < -0.3 is 24.8 Å². The topological polar surface area (TPSA) is 60.6 Å². The maximum absolute atomic E-state index is 12.6. The van der Waals surface area contributed by atoms with E-state index in [9.17, 15) is 4.79 Å². The van der Waals surface area contributed by atoms with Crippen LogP contribution in [0.3, 0.4) is 0 Å². The minimum atomic E-state index is -0.138. The lowest BCUT2D eigenvalue weighted by Gasteiger charge is -2.35. The standard InChI is InChI=1S/C27H34N4O2S/c1-19(32)31-11-9-23-24-18-21(28-2)7-8-25(24)29-26(23)27(31)20-5-3-6-22(17-20)33-14-4-10-30-12-15-34-16-13-30/h3,5-8,17-18,27-29H,4,9-16H2,1-2H3. The Balaban J connectivity index is 1.37. The van der Waals surface area contributed by atoms with E-state index in [0.717, 1.165) is 47.6 Å². The van der Waals surface area contributed by atoms with Crippen molar-refractivity contribution in [3.8, 4) is 5.75 Å². The van der Waals surface area contributed by atoms with Gasteiger partial charge in [-0.2, -0.15) is 11.8 Å². The van der Waals surface area contributed by atoms with Gasteiger partial charge in [0.2, 0.25) is 5.91 Å². The number of thioether (sulfide) groups is 1. The number of amides is 1. The van der Waals surface area contributed by atoms with Crippen molar-refractivity contribution in [2.75, 3.05) is 56.7 Å². The van der Waals surface area contributed by atoms with Gasteiger partial charge in [-0.1, -0.05) is 12.1 Å². The summed E-state index contributed by atoms with van der Waals surface area (Å²) >= 11 is 2.04. The maximum Gasteiger partial charge on any atom is 0.220 e. The predicted molar refractivity (Wildman–Crippen MR) is 141 cm³/mol. The molecule has 3 heterocycles. The van der Waals surface area contributed by atoms with Crippen LogP contribution in [0, 0.1) is 0 Å². The maximum atomic E-state index is 12.6. The number of nitrogens with one attached hydrogen (secondary N) is 2. The zero-order valence-corrected chi connectivity index (χ0v) is 20.9. The molecule has 0 spiro atoms. The fourth-order valence-corrected chi connectivity index (χ4v) is 6.19. The van der Waals surface area contributed by atoms with Crippen molar-refractivity contribution in [2.45, 2.75) is 25.8 Å². The van der Waals surface area contributed by atoms with Crippen LogP contribution in [-0.4, -0.2) is 72.0 Å². The average Bonchev–Trinajstić information content (AvgIpc) is 3.24. The zero-order valence-electron chi connectivity index (χ0n) is 20.1. The fourth-order valence-electron chi connectivity index (χ4n) is 5.21. The van der Waals surface area contributed by atoms with E-state index >= 15 is 0 Å². The van der Waals surface area contributed by atoms with Gasteiger partial charge in [0.15, 0.2) is 0 Å². The van der Waals surface area contributed by atoms with Gasteiger partial charge in [0.25, 0.3) is 0 Å². The summed E-state index contributed by atoms with van der Waals surface area (Å²) in [6.07, 6.45) is 1.88. The molecular formula is C27H34N4O2S. The van der Waals surface area contributed by atoms with Crippen molar-refractivity contribution in [3.63, 3.8) is 0 Å². The number of fused-ring (bicyclic) bond motifs is 3. The summed E-state index contributed by atoms with van der Waals surface area (Å²) < 4.78 is 6.15. The molecule has 0 aliphatic carbocycles. The number of hydrogen-bond acceptors (Lipinski definition) is 5. The minimum absolute atomic E-state index is 0.0937. The summed E-state index contributed by atoms with van der Waals surface area (Å²) in [5.74, 6) is 3.44. The number of aromatic nitrogens is 1. The van der Waals surface area contributed by atoms with Crippen LogP contribution in [0.2, 0.25) is 0 Å². The molecule has 180 valence electrons. The molecular weight excluding hydrogens is 444 g/mol. The van der Waals surface area contributed by atoms with Crippen molar-refractivity contribution >= 4 is 34.3 Å². The second-order valence-corrected chi connectivity index (χ2v) is 10.3. The van der Waals surface area contributed by atoms with Crippen LogP contribution in [0.15, 0.2) is 42.5 Å². The van der Waals surface area contributed by atoms with Gasteiger partial charge in [0, 0.05) is 73.9 Å². The van der Waals surface area contributed by atoms with Crippen molar-refractivity contribution in [2.24, 2.45) is 0 Å². The molecule has 1 saturated heterocycles. The number of aromatic amines is 1. The lowest BCUT2D eigenvalue weighted by Crippen LogP contribution is -2.39. The Morgan fingerprint density at radius 1 is 1.18 bits per heavy atom. The monoisotopic (exact) mass is 478 g/mol. The molecule has 0 bridgehead atoms. The van der Waals surface area contributed by atoms with E-state index in [1.807, 2.05) is 35.8 Å². The van der Waals surface area contributed by atoms with Gasteiger partial charge in [-0.3, -0.25) is 4.79 Å². The van der Waals surface area contributed by atoms with E-state index in [1.54, 1.807) is 6.92 Å². The highest BCUT2D eigenvalue weighted by Crippen LogP contribution is 2.39. The highest BCUT2D eigenvalue weighted by Gasteiger charge is 2.33. The smallest absolute Gasteiger partial charge is 0.220 e. The van der Waals surface area contributed by atoms with Crippen LogP contribution in [0.25, 0.3) is 10.9 Å². The van der Waals surface area contributed by atoms with Gasteiger partial charge in [-0.05, 0) is 54.3 Å². The number of rotatable bonds is 7. The number of hydrogen-bond donors (Lipinski definition) is 2. The van der Waals surface area contributed by atoms with Crippen LogP contribution in [0.5, 0.6) is 5.75 Å². The van der Waals surface area contributed by atoms with Crippen LogP contribution < -0.4 is 10.1 Å². The number of benzene rings is 2. The van der Waals surface area contributed by atoms with Crippen LogP contribution in [0.4, 0.5) is 5.69 Å². The van der Waals surface area contributed by atoms with Gasteiger partial charge in [-0.25, -0.2) is 0 Å². The third kappa shape index (κ3) is 4.77. The molecule has 2 aromatic carbocycles. The molecule has 2 aliphatic rings. The number of ether oxygens (including phenoxy) is 1. The van der Waals surface area contributed by atoms with E-state index in [-0.39, 0.29) is 11.9 Å². The molecule has 3 aromatic rings. The van der Waals surface area contributed by atoms with Gasteiger partial charge in [0.05, 0.1) is 12.6 Å². The van der Waals surface area contributed by atoms with Crippen LogP contribution in [-0.2, 0) is 11.2 Å². The molecule has 1 fully saturated rings. The van der Waals surface area contributed by atoms with Crippen molar-refractivity contribution in [1.82, 2.24) is 14.8 Å². The number of carbonyl (C=O) groups is 1. The lowest BCUT2D eigenvalue weighted by molar-refractivity contribution is -0.130. The summed E-state index contributed by atoms with van der Waals surface area (Å²) in [5.41, 5.74) is 5.72. The molecule has 5 rings (SSSR count). The summed E-state index contributed by atoms with van der Waals surface area (Å²) in [6, 6.07) is 14.5. The second-order valence-electron chi connectivity index (χ2n) is 9.12. The Morgan fingerprint density at radius 2 is 2.03 bits per heavy atom. The summed E-state index contributed by atoms with van der Waals surface area (Å²) in [6.45, 7) is 6.55. The molecule has 1 atom stereocenters. The first-order chi connectivity index (χ1) is 16.6. The molecule has 34 heavy (non-hydrogen) atoms. The Morgan fingerprint density at radius 3 is 2.82 bits per heavy atom. The zero-order chi connectivity index (χ0) is 23.5. The quantitative estimate of drug-likeness (QED) is 0.489. The predicted octanol–water partition coefficient (Wildman–Crippen LogP) is 4.52. The van der Waals surface area contributed by atoms with Gasteiger partial charge in [-0.15, -0.1) is 0 Å².